The number of carbonyl (C=O) groups excluding carboxylic acids is 2. The first kappa shape index (κ1) is 19.2. The van der Waals surface area contributed by atoms with E-state index in [-0.39, 0.29) is 12.2 Å². The fourth-order valence-corrected chi connectivity index (χ4v) is 2.43. The highest BCUT2D eigenvalue weighted by molar-refractivity contribution is 7.92. The van der Waals surface area contributed by atoms with Gasteiger partial charge in [-0.15, -0.1) is 0 Å². The van der Waals surface area contributed by atoms with Crippen molar-refractivity contribution in [2.24, 2.45) is 5.92 Å². The van der Waals surface area contributed by atoms with Crippen molar-refractivity contribution in [1.82, 2.24) is 0 Å². The van der Waals surface area contributed by atoms with Crippen LogP contribution in [0.15, 0.2) is 24.3 Å². The highest BCUT2D eigenvalue weighted by atomic mass is 32.2. The molecule has 6 nitrogen and oxygen atoms in total. The van der Waals surface area contributed by atoms with Crippen molar-refractivity contribution < 1.29 is 22.7 Å². The van der Waals surface area contributed by atoms with Gasteiger partial charge in [-0.05, 0) is 43.5 Å². The van der Waals surface area contributed by atoms with E-state index >= 15 is 0 Å². The monoisotopic (exact) mass is 341 g/mol. The van der Waals surface area contributed by atoms with Crippen LogP contribution in [0.25, 0.3) is 0 Å². The van der Waals surface area contributed by atoms with E-state index in [1.54, 1.807) is 0 Å². The molecule has 1 rings (SSSR count). The average Bonchev–Trinajstić information content (AvgIpc) is 2.43. The lowest BCUT2D eigenvalue weighted by molar-refractivity contribution is -0.146. The van der Waals surface area contributed by atoms with Gasteiger partial charge >= 0.3 is 5.97 Å². The first-order chi connectivity index (χ1) is 10.6. The maximum Gasteiger partial charge on any atom is 0.306 e. The Kier molecular flexibility index (Phi) is 6.75. The summed E-state index contributed by atoms with van der Waals surface area (Å²) >= 11 is 0. The molecule has 23 heavy (non-hydrogen) atoms. The first-order valence-electron chi connectivity index (χ1n) is 7.40. The number of esters is 1. The summed E-state index contributed by atoms with van der Waals surface area (Å²) in [6.07, 6.45) is 1.17. The zero-order chi connectivity index (χ0) is 17.6. The zero-order valence-corrected chi connectivity index (χ0v) is 14.6. The number of anilines is 1. The topological polar surface area (TPSA) is 89.5 Å². The van der Waals surface area contributed by atoms with E-state index in [2.05, 4.69) is 4.72 Å². The predicted molar refractivity (Wildman–Crippen MR) is 88.9 cm³/mol. The molecular formula is C16H23NO5S. The minimum absolute atomic E-state index is 0.284. The third-order valence-electron chi connectivity index (χ3n) is 3.08. The molecule has 1 N–H and O–H groups in total. The molecule has 0 aliphatic rings. The maximum atomic E-state index is 12.2. The molecule has 0 bridgehead atoms. The Labute approximate surface area is 137 Å². The molecule has 1 atom stereocenters. The summed E-state index contributed by atoms with van der Waals surface area (Å²) in [6.45, 7) is 5.54. The largest absolute Gasteiger partial charge is 0.454 e. The average molecular weight is 341 g/mol. The van der Waals surface area contributed by atoms with Crippen LogP contribution >= 0.6 is 0 Å². The van der Waals surface area contributed by atoms with Crippen LogP contribution in [-0.2, 0) is 19.6 Å². The summed E-state index contributed by atoms with van der Waals surface area (Å²) in [4.78, 5) is 23.9. The highest BCUT2D eigenvalue weighted by Gasteiger charge is 2.19. The number of rotatable bonds is 8. The Morgan fingerprint density at radius 1 is 1.13 bits per heavy atom. The Morgan fingerprint density at radius 2 is 1.70 bits per heavy atom. The number of nitrogens with one attached hydrogen (secondary N) is 1. The van der Waals surface area contributed by atoms with Crippen LogP contribution in [0.4, 0.5) is 5.69 Å². The van der Waals surface area contributed by atoms with Crippen LogP contribution < -0.4 is 4.72 Å². The van der Waals surface area contributed by atoms with Gasteiger partial charge in [0.2, 0.25) is 15.8 Å². The molecule has 0 aliphatic carbocycles. The van der Waals surface area contributed by atoms with Crippen molar-refractivity contribution in [2.45, 2.75) is 39.7 Å². The van der Waals surface area contributed by atoms with Gasteiger partial charge in [-0.1, -0.05) is 13.8 Å². The van der Waals surface area contributed by atoms with Gasteiger partial charge in [0, 0.05) is 17.7 Å². The van der Waals surface area contributed by atoms with Crippen molar-refractivity contribution in [2.75, 3.05) is 11.0 Å². The van der Waals surface area contributed by atoms with Gasteiger partial charge in [0.1, 0.15) is 0 Å². The van der Waals surface area contributed by atoms with Gasteiger partial charge in [-0.25, -0.2) is 8.42 Å². The molecule has 0 spiro atoms. The van der Waals surface area contributed by atoms with Crippen molar-refractivity contribution in [1.29, 1.82) is 0 Å². The molecule has 0 aromatic heterocycles. The summed E-state index contributed by atoms with van der Waals surface area (Å²) in [5.74, 6) is -0.327. The highest BCUT2D eigenvalue weighted by Crippen LogP contribution is 2.14. The van der Waals surface area contributed by atoms with E-state index in [9.17, 15) is 18.0 Å². The van der Waals surface area contributed by atoms with E-state index in [1.165, 1.54) is 31.2 Å². The third-order valence-corrected chi connectivity index (χ3v) is 3.68. The van der Waals surface area contributed by atoms with Gasteiger partial charge in [0.05, 0.1) is 6.26 Å². The quantitative estimate of drug-likeness (QED) is 0.580. The van der Waals surface area contributed by atoms with Crippen LogP contribution in [0.5, 0.6) is 0 Å². The Hall–Kier alpha value is -1.89. The molecule has 0 fully saturated rings. The van der Waals surface area contributed by atoms with E-state index in [4.69, 9.17) is 4.74 Å². The van der Waals surface area contributed by atoms with E-state index in [1.807, 2.05) is 13.8 Å². The second kappa shape index (κ2) is 8.10. The minimum atomic E-state index is -3.36. The molecular weight excluding hydrogens is 318 g/mol. The van der Waals surface area contributed by atoms with E-state index in [0.717, 1.165) is 6.26 Å². The lowest BCUT2D eigenvalue weighted by Crippen LogP contribution is -2.24. The second-order valence-corrected chi connectivity index (χ2v) is 7.63. The first-order valence-corrected chi connectivity index (χ1v) is 9.29. The number of Topliss-reactive ketones (excluding diaryl/α,β-unsaturated/α-hetero) is 1. The van der Waals surface area contributed by atoms with Crippen LogP contribution in [0.3, 0.4) is 0 Å². The second-order valence-electron chi connectivity index (χ2n) is 5.88. The molecule has 7 heteroatoms. The summed E-state index contributed by atoms with van der Waals surface area (Å²) in [6, 6.07) is 5.96. The number of carbonyl (C=O) groups is 2. The number of benzene rings is 1. The summed E-state index contributed by atoms with van der Waals surface area (Å²) in [7, 11) is -3.36. The number of sulfonamides is 1. The predicted octanol–water partition coefficient (Wildman–Crippen LogP) is 2.61. The van der Waals surface area contributed by atoms with Crippen LogP contribution in [0.1, 0.15) is 44.0 Å². The van der Waals surface area contributed by atoms with Crippen molar-refractivity contribution in [3.8, 4) is 0 Å². The zero-order valence-electron chi connectivity index (χ0n) is 13.8. The van der Waals surface area contributed by atoms with E-state index < -0.39 is 22.1 Å². The lowest BCUT2D eigenvalue weighted by Gasteiger charge is -2.13. The number of hydrogen-bond acceptors (Lipinski definition) is 5. The number of ketones is 1. The molecule has 1 aromatic carbocycles. The molecule has 1 aromatic rings. The van der Waals surface area contributed by atoms with Gasteiger partial charge < -0.3 is 4.74 Å². The molecule has 0 saturated heterocycles. The minimum Gasteiger partial charge on any atom is -0.454 e. The summed E-state index contributed by atoms with van der Waals surface area (Å²) in [5.41, 5.74) is 0.721. The molecule has 0 aliphatic heterocycles. The van der Waals surface area contributed by atoms with Gasteiger partial charge in [0.15, 0.2) is 6.10 Å². The molecule has 0 saturated carbocycles. The van der Waals surface area contributed by atoms with Crippen molar-refractivity contribution in [3.63, 3.8) is 0 Å². The van der Waals surface area contributed by atoms with Gasteiger partial charge in [-0.3, -0.25) is 14.3 Å². The Balaban J connectivity index is 2.64. The standard InChI is InChI=1S/C16H23NO5S/c1-11(2)5-10-15(18)22-12(3)16(19)13-6-8-14(9-7-13)17-23(4,20)21/h6-9,11-12,17H,5,10H2,1-4H3/t12-/m0/s1. The fourth-order valence-electron chi connectivity index (χ4n) is 1.87. The number of ether oxygens (including phenoxy) is 1. The smallest absolute Gasteiger partial charge is 0.306 e. The summed E-state index contributed by atoms with van der Waals surface area (Å²) < 4.78 is 29.7. The number of hydrogen-bond donors (Lipinski definition) is 1. The molecule has 128 valence electrons. The molecule has 0 unspecified atom stereocenters. The third kappa shape index (κ3) is 7.27. The van der Waals surface area contributed by atoms with Crippen molar-refractivity contribution in [3.05, 3.63) is 29.8 Å². The summed E-state index contributed by atoms with van der Waals surface area (Å²) in [5, 5.41) is 0. The van der Waals surface area contributed by atoms with Crippen molar-refractivity contribution >= 4 is 27.5 Å². The Bertz CT molecular complexity index is 650. The fraction of sp³-hybridized carbons (Fsp3) is 0.500. The maximum absolute atomic E-state index is 12.2. The Morgan fingerprint density at radius 3 is 2.17 bits per heavy atom. The lowest BCUT2D eigenvalue weighted by atomic mass is 10.1. The van der Waals surface area contributed by atoms with Crippen LogP contribution in [0, 0.1) is 5.92 Å². The molecule has 0 radical (unpaired) electrons. The van der Waals surface area contributed by atoms with Crippen LogP contribution in [0.2, 0.25) is 0 Å². The van der Waals surface area contributed by atoms with E-state index in [0.29, 0.717) is 23.6 Å². The molecule has 0 heterocycles. The van der Waals surface area contributed by atoms with Gasteiger partial charge in [-0.2, -0.15) is 0 Å². The SMILES string of the molecule is CC(C)CCC(=O)O[C@@H](C)C(=O)c1ccc(NS(C)(=O)=O)cc1. The van der Waals surface area contributed by atoms with Crippen LogP contribution in [-0.4, -0.2) is 32.5 Å². The van der Waals surface area contributed by atoms with Gasteiger partial charge in [0.25, 0.3) is 0 Å². The normalized spacial score (nSPS) is 12.7. The molecule has 0 amide bonds.